The van der Waals surface area contributed by atoms with Crippen molar-refractivity contribution in [3.63, 3.8) is 0 Å². The molecule has 2 N–H and O–H groups in total. The standard InChI is InChI=1S/C31H28Cl2N2O6/c1-5-17-6-12-22-29(37)35(34-24-13-9-19(32)14-23(24)33)30(38)31(22,18-7-10-20(39-2)11-8-18)28(17)27-25(36)15-21(40-3)16-26(27)41-4/h5-11,13-16,22,28,34,36H,1,12H2,2-4H3/t22-,28+,31+/m0/s1. The van der Waals surface area contributed by atoms with Crippen LogP contribution in [-0.2, 0) is 15.0 Å². The predicted octanol–water partition coefficient (Wildman–Crippen LogP) is 6.27. The van der Waals surface area contributed by atoms with Crippen molar-refractivity contribution >= 4 is 40.7 Å². The molecule has 0 aromatic heterocycles. The van der Waals surface area contributed by atoms with Crippen LogP contribution in [-0.4, -0.2) is 43.3 Å². The van der Waals surface area contributed by atoms with E-state index in [1.165, 1.54) is 26.4 Å². The Hall–Kier alpha value is -4.14. The fourth-order valence-electron chi connectivity index (χ4n) is 5.96. The maximum absolute atomic E-state index is 14.8. The number of halogens is 2. The fourth-order valence-corrected chi connectivity index (χ4v) is 6.41. The van der Waals surface area contributed by atoms with E-state index in [4.69, 9.17) is 37.4 Å². The number of aromatic hydroxyl groups is 1. The van der Waals surface area contributed by atoms with Crippen molar-refractivity contribution < 1.29 is 28.9 Å². The molecule has 0 saturated carbocycles. The first-order valence-electron chi connectivity index (χ1n) is 12.7. The number of fused-ring (bicyclic) bond motifs is 1. The molecule has 0 spiro atoms. The van der Waals surface area contributed by atoms with E-state index < -0.39 is 29.1 Å². The molecule has 212 valence electrons. The average Bonchev–Trinajstić information content (AvgIpc) is 3.19. The molecule has 10 heteroatoms. The lowest BCUT2D eigenvalue weighted by Gasteiger charge is -2.43. The SMILES string of the molecule is C=CC1=CC[C@H]2C(=O)N(Nc3ccc(Cl)cc3Cl)C(=O)[C@@]2(c2ccc(OC)cc2)[C@H]1c1c(O)cc(OC)cc1OC. The van der Waals surface area contributed by atoms with Crippen LogP contribution in [0.2, 0.25) is 10.0 Å². The van der Waals surface area contributed by atoms with Crippen LogP contribution in [0.3, 0.4) is 0 Å². The van der Waals surface area contributed by atoms with Gasteiger partial charge < -0.3 is 19.3 Å². The number of allylic oxidation sites excluding steroid dienone is 3. The van der Waals surface area contributed by atoms with Crippen molar-refractivity contribution in [2.24, 2.45) is 5.92 Å². The second-order valence-corrected chi connectivity index (χ2v) is 10.5. The Morgan fingerprint density at radius 1 is 1.00 bits per heavy atom. The van der Waals surface area contributed by atoms with Crippen LogP contribution in [0.1, 0.15) is 23.5 Å². The number of hydrogen-bond acceptors (Lipinski definition) is 7. The third-order valence-electron chi connectivity index (χ3n) is 7.81. The fraction of sp³-hybridized carbons (Fsp3) is 0.226. The third-order valence-corrected chi connectivity index (χ3v) is 8.36. The lowest BCUT2D eigenvalue weighted by atomic mass is 9.55. The number of phenolic OH excluding ortho intramolecular Hbond substituents is 1. The van der Waals surface area contributed by atoms with Crippen molar-refractivity contribution in [2.45, 2.75) is 17.8 Å². The molecule has 5 rings (SSSR count). The van der Waals surface area contributed by atoms with Gasteiger partial charge in [-0.05, 0) is 47.9 Å². The molecule has 1 saturated heterocycles. The number of benzene rings is 3. The Labute approximate surface area is 247 Å². The van der Waals surface area contributed by atoms with Gasteiger partial charge in [-0.15, -0.1) is 0 Å². The molecule has 41 heavy (non-hydrogen) atoms. The molecule has 3 aromatic rings. The number of methoxy groups -OCH3 is 3. The summed E-state index contributed by atoms with van der Waals surface area (Å²) in [5.41, 5.74) is 3.30. The van der Waals surface area contributed by atoms with E-state index in [2.05, 4.69) is 12.0 Å². The number of hydrazine groups is 1. The van der Waals surface area contributed by atoms with E-state index >= 15 is 0 Å². The molecule has 0 radical (unpaired) electrons. The zero-order chi connectivity index (χ0) is 29.5. The molecule has 2 aliphatic rings. The van der Waals surface area contributed by atoms with Crippen molar-refractivity contribution in [3.05, 3.63) is 100 Å². The first kappa shape index (κ1) is 28.4. The maximum Gasteiger partial charge on any atom is 0.260 e. The smallest absolute Gasteiger partial charge is 0.260 e. The molecular formula is C31H28Cl2N2O6. The number of phenols is 1. The normalized spacial score (nSPS) is 21.7. The van der Waals surface area contributed by atoms with Crippen LogP contribution < -0.4 is 19.6 Å². The summed E-state index contributed by atoms with van der Waals surface area (Å²) >= 11 is 12.5. The minimum atomic E-state index is -1.51. The number of rotatable bonds is 8. The number of anilines is 1. The number of carbonyl (C=O) groups excluding carboxylic acids is 2. The molecule has 8 nitrogen and oxygen atoms in total. The summed E-state index contributed by atoms with van der Waals surface area (Å²) in [7, 11) is 4.49. The van der Waals surface area contributed by atoms with Crippen LogP contribution in [0.4, 0.5) is 5.69 Å². The summed E-state index contributed by atoms with van der Waals surface area (Å²) < 4.78 is 16.4. The number of nitrogens with one attached hydrogen (secondary N) is 1. The number of ether oxygens (including phenoxy) is 3. The first-order chi connectivity index (χ1) is 19.7. The van der Waals surface area contributed by atoms with Gasteiger partial charge in [0.15, 0.2) is 0 Å². The number of hydrogen-bond donors (Lipinski definition) is 2. The predicted molar refractivity (Wildman–Crippen MR) is 157 cm³/mol. The summed E-state index contributed by atoms with van der Waals surface area (Å²) in [5, 5.41) is 13.0. The second-order valence-electron chi connectivity index (χ2n) is 9.70. The Morgan fingerprint density at radius 2 is 1.71 bits per heavy atom. The largest absolute Gasteiger partial charge is 0.507 e. The minimum Gasteiger partial charge on any atom is -0.507 e. The van der Waals surface area contributed by atoms with Gasteiger partial charge in [0.1, 0.15) is 23.0 Å². The van der Waals surface area contributed by atoms with Gasteiger partial charge in [0.05, 0.1) is 43.4 Å². The maximum atomic E-state index is 14.8. The Bertz CT molecular complexity index is 1570. The summed E-state index contributed by atoms with van der Waals surface area (Å²) in [4.78, 5) is 28.9. The van der Waals surface area contributed by atoms with E-state index in [1.807, 2.05) is 6.08 Å². The zero-order valence-electron chi connectivity index (χ0n) is 22.6. The van der Waals surface area contributed by atoms with E-state index in [-0.39, 0.29) is 17.2 Å². The van der Waals surface area contributed by atoms with E-state index in [1.54, 1.807) is 55.7 Å². The lowest BCUT2D eigenvalue weighted by Crippen LogP contribution is -2.48. The molecule has 0 bridgehead atoms. The van der Waals surface area contributed by atoms with E-state index in [9.17, 15) is 14.7 Å². The first-order valence-corrected chi connectivity index (χ1v) is 13.5. The molecule has 3 atom stereocenters. The average molecular weight is 595 g/mol. The molecule has 1 fully saturated rings. The summed E-state index contributed by atoms with van der Waals surface area (Å²) in [6, 6.07) is 14.8. The summed E-state index contributed by atoms with van der Waals surface area (Å²) in [6.07, 6.45) is 3.76. The molecule has 2 amide bonds. The topological polar surface area (TPSA) is 97.3 Å². The molecular weight excluding hydrogens is 567 g/mol. The Balaban J connectivity index is 1.79. The lowest BCUT2D eigenvalue weighted by molar-refractivity contribution is -0.138. The number of amides is 2. The van der Waals surface area contributed by atoms with Crippen LogP contribution in [0, 0.1) is 5.92 Å². The quantitative estimate of drug-likeness (QED) is 0.296. The van der Waals surface area contributed by atoms with Crippen LogP contribution in [0.25, 0.3) is 0 Å². The Kier molecular flexibility index (Phi) is 7.64. The highest BCUT2D eigenvalue weighted by atomic mass is 35.5. The molecule has 1 aliphatic carbocycles. The molecule has 1 heterocycles. The van der Waals surface area contributed by atoms with Crippen LogP contribution in [0.15, 0.2) is 78.9 Å². The van der Waals surface area contributed by atoms with Gasteiger partial charge in [-0.3, -0.25) is 15.0 Å². The van der Waals surface area contributed by atoms with Gasteiger partial charge in [0, 0.05) is 28.6 Å². The molecule has 3 aromatic carbocycles. The Morgan fingerprint density at radius 3 is 2.32 bits per heavy atom. The van der Waals surface area contributed by atoms with Crippen LogP contribution in [0.5, 0.6) is 23.0 Å². The van der Waals surface area contributed by atoms with Crippen LogP contribution >= 0.6 is 23.2 Å². The zero-order valence-corrected chi connectivity index (χ0v) is 24.1. The van der Waals surface area contributed by atoms with Gasteiger partial charge in [-0.25, -0.2) is 0 Å². The molecule has 0 unspecified atom stereocenters. The van der Waals surface area contributed by atoms with Crippen molar-refractivity contribution in [1.82, 2.24) is 5.01 Å². The minimum absolute atomic E-state index is 0.153. The second kappa shape index (κ2) is 11.0. The number of carbonyl (C=O) groups is 2. The van der Waals surface area contributed by atoms with Gasteiger partial charge in [-0.1, -0.05) is 54.1 Å². The van der Waals surface area contributed by atoms with Crippen molar-refractivity contribution in [2.75, 3.05) is 26.8 Å². The number of imide groups is 1. The van der Waals surface area contributed by atoms with Gasteiger partial charge >= 0.3 is 0 Å². The van der Waals surface area contributed by atoms with E-state index in [0.29, 0.717) is 44.7 Å². The third kappa shape index (κ3) is 4.47. The van der Waals surface area contributed by atoms with Crippen molar-refractivity contribution in [1.29, 1.82) is 0 Å². The van der Waals surface area contributed by atoms with Gasteiger partial charge in [0.25, 0.3) is 11.8 Å². The van der Waals surface area contributed by atoms with Gasteiger partial charge in [0.2, 0.25) is 0 Å². The summed E-state index contributed by atoms with van der Waals surface area (Å²) in [6.45, 7) is 4.01. The van der Waals surface area contributed by atoms with Crippen molar-refractivity contribution in [3.8, 4) is 23.0 Å². The molecule has 1 aliphatic heterocycles. The highest BCUT2D eigenvalue weighted by molar-refractivity contribution is 6.36. The summed E-state index contributed by atoms with van der Waals surface area (Å²) in [5.74, 6) is -1.60. The van der Waals surface area contributed by atoms with E-state index in [0.717, 1.165) is 5.01 Å². The number of nitrogens with zero attached hydrogens (tertiary/aromatic N) is 1. The highest BCUT2D eigenvalue weighted by Crippen LogP contribution is 2.60. The van der Waals surface area contributed by atoms with Gasteiger partial charge in [-0.2, -0.15) is 5.01 Å². The monoisotopic (exact) mass is 594 g/mol. The highest BCUT2D eigenvalue weighted by Gasteiger charge is 2.66.